The van der Waals surface area contributed by atoms with Crippen LogP contribution in [0.4, 0.5) is 17.1 Å². The Bertz CT molecular complexity index is 2500. The van der Waals surface area contributed by atoms with E-state index in [0.29, 0.717) is 0 Å². The van der Waals surface area contributed by atoms with E-state index in [-0.39, 0.29) is 0 Å². The van der Waals surface area contributed by atoms with Gasteiger partial charge < -0.3 is 9.32 Å². The second kappa shape index (κ2) is 9.86. The number of nitrogens with zero attached hydrogens (tertiary/aromatic N) is 1. The molecule has 8 aromatic carbocycles. The lowest BCUT2D eigenvalue weighted by atomic mass is 10.00. The number of hydrogen-bond donors (Lipinski definition) is 0. The van der Waals surface area contributed by atoms with Crippen LogP contribution in [0.3, 0.4) is 0 Å². The minimum absolute atomic E-state index is 0.882. The molecule has 0 spiro atoms. The first-order valence-corrected chi connectivity index (χ1v) is 15.0. The first-order valence-electron chi connectivity index (χ1n) is 15.0. The summed E-state index contributed by atoms with van der Waals surface area (Å²) in [6.07, 6.45) is 0. The molecule has 2 heteroatoms. The van der Waals surface area contributed by atoms with Gasteiger partial charge in [-0.3, -0.25) is 0 Å². The second-order valence-corrected chi connectivity index (χ2v) is 11.4. The summed E-state index contributed by atoms with van der Waals surface area (Å²) in [5.74, 6) is 0. The Morgan fingerprint density at radius 1 is 0.386 bits per heavy atom. The van der Waals surface area contributed by atoms with E-state index in [2.05, 4.69) is 169 Å². The van der Waals surface area contributed by atoms with Gasteiger partial charge in [-0.2, -0.15) is 0 Å². The molecule has 2 nitrogen and oxygen atoms in total. The Hall–Kier alpha value is -5.86. The molecule has 0 saturated heterocycles. The summed E-state index contributed by atoms with van der Waals surface area (Å²) in [5, 5.41) is 9.35. The van der Waals surface area contributed by atoms with E-state index in [0.717, 1.165) is 44.4 Å². The van der Waals surface area contributed by atoms with Gasteiger partial charge in [0.1, 0.15) is 11.2 Å². The maximum Gasteiger partial charge on any atom is 0.143 e. The molecule has 0 aliphatic carbocycles. The first-order chi connectivity index (χ1) is 21.8. The van der Waals surface area contributed by atoms with E-state index in [1.165, 1.54) is 38.1 Å². The number of rotatable bonds is 4. The molecule has 0 aliphatic rings. The summed E-state index contributed by atoms with van der Waals surface area (Å²) in [6, 6.07) is 58.6. The molecule has 0 saturated carbocycles. The molecule has 0 bridgehead atoms. The Morgan fingerprint density at radius 2 is 1.05 bits per heavy atom. The van der Waals surface area contributed by atoms with Crippen LogP contribution < -0.4 is 4.90 Å². The summed E-state index contributed by atoms with van der Waals surface area (Å²) in [6.45, 7) is 0. The molecule has 0 atom stereocenters. The molecule has 0 unspecified atom stereocenters. The predicted octanol–water partition coefficient (Wildman–Crippen LogP) is 12.2. The van der Waals surface area contributed by atoms with Gasteiger partial charge >= 0.3 is 0 Å². The fourth-order valence-electron chi connectivity index (χ4n) is 6.72. The predicted molar refractivity (Wildman–Crippen MR) is 186 cm³/mol. The zero-order valence-corrected chi connectivity index (χ0v) is 23.9. The molecule has 0 aliphatic heterocycles. The van der Waals surface area contributed by atoms with Crippen LogP contribution in [-0.2, 0) is 0 Å². The number of benzene rings is 8. The fraction of sp³-hybridized carbons (Fsp3) is 0. The van der Waals surface area contributed by atoms with Crippen LogP contribution in [0.25, 0.3) is 65.4 Å². The molecule has 9 aromatic rings. The van der Waals surface area contributed by atoms with Crippen molar-refractivity contribution in [3.05, 3.63) is 164 Å². The van der Waals surface area contributed by atoms with Crippen molar-refractivity contribution in [1.29, 1.82) is 0 Å². The molecule has 0 N–H and O–H groups in total. The maximum absolute atomic E-state index is 6.61. The smallest absolute Gasteiger partial charge is 0.143 e. The third-order valence-electron chi connectivity index (χ3n) is 8.80. The second-order valence-electron chi connectivity index (χ2n) is 11.4. The molecule has 0 amide bonds. The lowest BCUT2D eigenvalue weighted by Crippen LogP contribution is -2.11. The van der Waals surface area contributed by atoms with Gasteiger partial charge in [-0.1, -0.05) is 121 Å². The summed E-state index contributed by atoms with van der Waals surface area (Å²) < 4.78 is 6.61. The minimum Gasteiger partial charge on any atom is -0.455 e. The Balaban J connectivity index is 1.31. The zero-order chi connectivity index (χ0) is 29.0. The standard InChI is InChI=1S/C42H27NO/c1-2-10-28(11-3-1)31-20-21-33-27-34(24-22-32(33)26-31)43(38-17-8-14-29-12-4-6-15-35(29)38)39-18-9-19-40-41(39)37-25-23-30-13-5-7-16-36(30)42(37)44-40/h1-27H. The molecule has 206 valence electrons. The van der Waals surface area contributed by atoms with E-state index >= 15 is 0 Å². The fourth-order valence-corrected chi connectivity index (χ4v) is 6.72. The largest absolute Gasteiger partial charge is 0.455 e. The molecular weight excluding hydrogens is 534 g/mol. The molecule has 0 radical (unpaired) electrons. The zero-order valence-electron chi connectivity index (χ0n) is 23.9. The quantitative estimate of drug-likeness (QED) is 0.212. The summed E-state index contributed by atoms with van der Waals surface area (Å²) in [4.78, 5) is 2.40. The van der Waals surface area contributed by atoms with Crippen molar-refractivity contribution >= 4 is 71.3 Å². The van der Waals surface area contributed by atoms with Crippen molar-refractivity contribution < 1.29 is 4.42 Å². The third kappa shape index (κ3) is 3.89. The summed E-state index contributed by atoms with van der Waals surface area (Å²) in [5.41, 5.74) is 7.58. The lowest BCUT2D eigenvalue weighted by molar-refractivity contribution is 0.672. The van der Waals surface area contributed by atoms with E-state index in [1.807, 2.05) is 0 Å². The molecular formula is C42H27NO. The number of fused-ring (bicyclic) bond motifs is 7. The monoisotopic (exact) mass is 561 g/mol. The molecule has 1 aromatic heterocycles. The van der Waals surface area contributed by atoms with Crippen LogP contribution in [0.1, 0.15) is 0 Å². The number of hydrogen-bond acceptors (Lipinski definition) is 2. The normalized spacial score (nSPS) is 11.6. The molecule has 0 fully saturated rings. The highest BCUT2D eigenvalue weighted by atomic mass is 16.3. The van der Waals surface area contributed by atoms with Crippen LogP contribution in [-0.4, -0.2) is 0 Å². The SMILES string of the molecule is c1ccc(-c2ccc3cc(N(c4cccc5ccccc45)c4cccc5oc6c7ccccc7ccc6c45)ccc3c2)cc1. The van der Waals surface area contributed by atoms with Crippen molar-refractivity contribution in [2.24, 2.45) is 0 Å². The van der Waals surface area contributed by atoms with Crippen LogP contribution in [0.15, 0.2) is 168 Å². The van der Waals surface area contributed by atoms with Crippen LogP contribution in [0.2, 0.25) is 0 Å². The van der Waals surface area contributed by atoms with Gasteiger partial charge in [-0.25, -0.2) is 0 Å². The highest BCUT2D eigenvalue weighted by Crippen LogP contribution is 2.46. The minimum atomic E-state index is 0.882. The van der Waals surface area contributed by atoms with Gasteiger partial charge in [-0.05, 0) is 75.1 Å². The number of anilines is 3. The van der Waals surface area contributed by atoms with E-state index < -0.39 is 0 Å². The Morgan fingerprint density at radius 3 is 1.93 bits per heavy atom. The molecule has 1 heterocycles. The highest BCUT2D eigenvalue weighted by Gasteiger charge is 2.21. The lowest BCUT2D eigenvalue weighted by Gasteiger charge is -2.28. The van der Waals surface area contributed by atoms with Gasteiger partial charge in [0.15, 0.2) is 0 Å². The van der Waals surface area contributed by atoms with E-state index in [9.17, 15) is 0 Å². The average molecular weight is 562 g/mol. The highest BCUT2D eigenvalue weighted by molar-refractivity contribution is 6.20. The van der Waals surface area contributed by atoms with Gasteiger partial charge in [0.2, 0.25) is 0 Å². The Labute approximate surface area is 255 Å². The first kappa shape index (κ1) is 24.7. The van der Waals surface area contributed by atoms with Gasteiger partial charge in [0.05, 0.1) is 16.8 Å². The van der Waals surface area contributed by atoms with Crippen LogP contribution in [0.5, 0.6) is 0 Å². The van der Waals surface area contributed by atoms with Gasteiger partial charge in [0.25, 0.3) is 0 Å². The van der Waals surface area contributed by atoms with Gasteiger partial charge in [0, 0.05) is 21.8 Å². The third-order valence-corrected chi connectivity index (χ3v) is 8.80. The van der Waals surface area contributed by atoms with Crippen molar-refractivity contribution in [2.45, 2.75) is 0 Å². The van der Waals surface area contributed by atoms with Gasteiger partial charge in [-0.15, -0.1) is 0 Å². The number of furan rings is 1. The average Bonchev–Trinajstić information content (AvgIpc) is 3.49. The maximum atomic E-state index is 6.61. The van der Waals surface area contributed by atoms with Crippen LogP contribution >= 0.6 is 0 Å². The summed E-state index contributed by atoms with van der Waals surface area (Å²) >= 11 is 0. The Kier molecular flexibility index (Phi) is 5.54. The van der Waals surface area contributed by atoms with E-state index in [1.54, 1.807) is 0 Å². The van der Waals surface area contributed by atoms with Crippen LogP contribution in [0, 0.1) is 0 Å². The molecule has 44 heavy (non-hydrogen) atoms. The van der Waals surface area contributed by atoms with Crippen molar-refractivity contribution in [2.75, 3.05) is 4.90 Å². The van der Waals surface area contributed by atoms with E-state index in [4.69, 9.17) is 4.42 Å². The molecule has 9 rings (SSSR count). The van der Waals surface area contributed by atoms with Crippen molar-refractivity contribution in [3.63, 3.8) is 0 Å². The van der Waals surface area contributed by atoms with Crippen molar-refractivity contribution in [3.8, 4) is 11.1 Å². The topological polar surface area (TPSA) is 16.4 Å². The van der Waals surface area contributed by atoms with Crippen molar-refractivity contribution in [1.82, 2.24) is 0 Å². The summed E-state index contributed by atoms with van der Waals surface area (Å²) in [7, 11) is 0.